The average molecular weight is 478 g/mol. The lowest BCUT2D eigenvalue weighted by Crippen LogP contribution is -2.25. The molecule has 0 aliphatic rings. The van der Waals surface area contributed by atoms with Crippen molar-refractivity contribution in [2.75, 3.05) is 13.1 Å². The standard InChI is InChI=1S/C28H35N3O4/c1-3-5-17-31(18-6-4-2)19-23-9-7-12-26-24(10-8-11-25(23)26)20-35-30-28(33)22-15-13-21(14-16-22)27(32)29-34/h7-16,34H,3-6,17-20H2,1-2H3,(H,29,32)(H,30,33). The molecule has 3 rings (SSSR count). The number of hydrogen-bond acceptors (Lipinski definition) is 5. The van der Waals surface area contributed by atoms with Crippen molar-refractivity contribution in [3.05, 3.63) is 82.9 Å². The quantitative estimate of drug-likeness (QED) is 0.232. The maximum absolute atomic E-state index is 12.4. The number of amides is 2. The van der Waals surface area contributed by atoms with Crippen molar-refractivity contribution >= 4 is 22.6 Å². The lowest BCUT2D eigenvalue weighted by atomic mass is 10.00. The van der Waals surface area contributed by atoms with Crippen molar-refractivity contribution in [2.45, 2.75) is 52.7 Å². The van der Waals surface area contributed by atoms with Gasteiger partial charge in [0.05, 0.1) is 0 Å². The highest BCUT2D eigenvalue weighted by Gasteiger charge is 2.12. The molecule has 3 aromatic carbocycles. The van der Waals surface area contributed by atoms with E-state index in [1.54, 1.807) is 5.48 Å². The molecule has 35 heavy (non-hydrogen) atoms. The van der Waals surface area contributed by atoms with Crippen LogP contribution in [0.15, 0.2) is 60.7 Å². The molecule has 0 saturated heterocycles. The number of carbonyl (C=O) groups is 2. The minimum atomic E-state index is -0.637. The van der Waals surface area contributed by atoms with Crippen molar-refractivity contribution in [1.82, 2.24) is 15.9 Å². The largest absolute Gasteiger partial charge is 0.299 e. The van der Waals surface area contributed by atoms with E-state index in [4.69, 9.17) is 10.0 Å². The number of nitrogens with one attached hydrogen (secondary N) is 2. The fourth-order valence-corrected chi connectivity index (χ4v) is 4.05. The summed E-state index contributed by atoms with van der Waals surface area (Å²) in [5, 5.41) is 11.0. The predicted molar refractivity (Wildman–Crippen MR) is 137 cm³/mol. The second kappa shape index (κ2) is 13.6. The van der Waals surface area contributed by atoms with Crippen LogP contribution >= 0.6 is 0 Å². The van der Waals surface area contributed by atoms with E-state index in [1.165, 1.54) is 60.9 Å². The Hall–Kier alpha value is -3.26. The second-order valence-electron chi connectivity index (χ2n) is 8.65. The molecule has 2 amide bonds. The highest BCUT2D eigenvalue weighted by molar-refractivity contribution is 5.97. The van der Waals surface area contributed by atoms with Gasteiger partial charge in [0.25, 0.3) is 11.8 Å². The normalized spacial score (nSPS) is 11.1. The van der Waals surface area contributed by atoms with Crippen LogP contribution < -0.4 is 11.0 Å². The Morgan fingerprint density at radius 3 is 1.91 bits per heavy atom. The van der Waals surface area contributed by atoms with Gasteiger partial charge >= 0.3 is 0 Å². The zero-order valence-electron chi connectivity index (χ0n) is 20.5. The number of hydroxylamine groups is 2. The summed E-state index contributed by atoms with van der Waals surface area (Å²) in [5.74, 6) is -1.05. The zero-order chi connectivity index (χ0) is 25.0. The van der Waals surface area contributed by atoms with Gasteiger partial charge in [0.15, 0.2) is 0 Å². The predicted octanol–water partition coefficient (Wildman–Crippen LogP) is 5.22. The van der Waals surface area contributed by atoms with E-state index in [2.05, 4.69) is 48.5 Å². The first-order valence-electron chi connectivity index (χ1n) is 12.3. The van der Waals surface area contributed by atoms with E-state index in [1.807, 2.05) is 12.1 Å². The van der Waals surface area contributed by atoms with Gasteiger partial charge in [-0.25, -0.2) is 11.0 Å². The van der Waals surface area contributed by atoms with Crippen LogP contribution in [-0.2, 0) is 18.0 Å². The minimum absolute atomic E-state index is 0.229. The van der Waals surface area contributed by atoms with Gasteiger partial charge in [-0.1, -0.05) is 63.1 Å². The van der Waals surface area contributed by atoms with Gasteiger partial charge in [-0.3, -0.25) is 24.5 Å². The number of carbonyl (C=O) groups excluding carboxylic acids is 2. The van der Waals surface area contributed by atoms with Crippen LogP contribution in [0.4, 0.5) is 0 Å². The van der Waals surface area contributed by atoms with Crippen LogP contribution in [-0.4, -0.2) is 35.0 Å². The first kappa shape index (κ1) is 26.3. The molecular weight excluding hydrogens is 442 g/mol. The summed E-state index contributed by atoms with van der Waals surface area (Å²) in [6.07, 6.45) is 4.77. The highest BCUT2D eigenvalue weighted by atomic mass is 16.6. The summed E-state index contributed by atoms with van der Waals surface area (Å²) >= 11 is 0. The molecule has 7 nitrogen and oxygen atoms in total. The van der Waals surface area contributed by atoms with Crippen molar-refractivity contribution in [2.24, 2.45) is 0 Å². The van der Waals surface area contributed by atoms with Crippen LogP contribution in [0, 0.1) is 0 Å². The summed E-state index contributed by atoms with van der Waals surface area (Å²) in [4.78, 5) is 31.9. The molecule has 0 heterocycles. The Morgan fingerprint density at radius 2 is 1.34 bits per heavy atom. The Kier molecular flexibility index (Phi) is 10.2. The summed E-state index contributed by atoms with van der Waals surface area (Å²) in [6, 6.07) is 18.5. The van der Waals surface area contributed by atoms with Crippen molar-refractivity contribution in [3.63, 3.8) is 0 Å². The van der Waals surface area contributed by atoms with E-state index in [0.717, 1.165) is 30.6 Å². The van der Waals surface area contributed by atoms with Crippen molar-refractivity contribution < 1.29 is 19.6 Å². The lowest BCUT2D eigenvalue weighted by molar-refractivity contribution is 0.0237. The highest BCUT2D eigenvalue weighted by Crippen LogP contribution is 2.24. The molecule has 0 aliphatic carbocycles. The first-order valence-corrected chi connectivity index (χ1v) is 12.3. The van der Waals surface area contributed by atoms with Crippen LogP contribution in [0.1, 0.15) is 71.4 Å². The molecule has 0 unspecified atom stereocenters. The average Bonchev–Trinajstić information content (AvgIpc) is 2.90. The molecule has 0 aromatic heterocycles. The van der Waals surface area contributed by atoms with Gasteiger partial charge in [-0.05, 0) is 72.1 Å². The third kappa shape index (κ3) is 7.36. The maximum Gasteiger partial charge on any atom is 0.274 e. The number of unbranched alkanes of at least 4 members (excludes halogenated alkanes) is 2. The summed E-state index contributed by atoms with van der Waals surface area (Å²) in [7, 11) is 0. The van der Waals surface area contributed by atoms with Crippen LogP contribution in [0.2, 0.25) is 0 Å². The van der Waals surface area contributed by atoms with Crippen LogP contribution in [0.25, 0.3) is 10.8 Å². The third-order valence-corrected chi connectivity index (χ3v) is 6.06. The molecule has 0 spiro atoms. The Labute approximate surface area is 207 Å². The maximum atomic E-state index is 12.4. The Morgan fingerprint density at radius 1 is 0.800 bits per heavy atom. The second-order valence-corrected chi connectivity index (χ2v) is 8.65. The van der Waals surface area contributed by atoms with Gasteiger partial charge < -0.3 is 0 Å². The fraction of sp³-hybridized carbons (Fsp3) is 0.357. The van der Waals surface area contributed by atoms with E-state index >= 15 is 0 Å². The molecule has 3 N–H and O–H groups in total. The zero-order valence-corrected chi connectivity index (χ0v) is 20.5. The molecule has 0 fully saturated rings. The summed E-state index contributed by atoms with van der Waals surface area (Å²) < 4.78 is 0. The molecular formula is C28H35N3O4. The SMILES string of the molecule is CCCCN(CCCC)Cc1cccc2c(CONC(=O)c3ccc(C(=O)NO)cc3)cccc12. The van der Waals surface area contributed by atoms with Crippen molar-refractivity contribution in [3.8, 4) is 0 Å². The third-order valence-electron chi connectivity index (χ3n) is 6.06. The van der Waals surface area contributed by atoms with Gasteiger partial charge in [-0.15, -0.1) is 0 Å². The topological polar surface area (TPSA) is 90.9 Å². The number of benzene rings is 3. The number of rotatable bonds is 13. The number of nitrogens with zero attached hydrogens (tertiary/aromatic N) is 1. The smallest absolute Gasteiger partial charge is 0.274 e. The molecule has 3 aromatic rings. The molecule has 0 saturated carbocycles. The molecule has 0 aliphatic heterocycles. The van der Waals surface area contributed by atoms with Crippen molar-refractivity contribution in [1.29, 1.82) is 0 Å². The minimum Gasteiger partial charge on any atom is -0.299 e. The first-order chi connectivity index (χ1) is 17.1. The van der Waals surface area contributed by atoms with Crippen LogP contribution in [0.3, 0.4) is 0 Å². The van der Waals surface area contributed by atoms with Crippen LogP contribution in [0.5, 0.6) is 0 Å². The van der Waals surface area contributed by atoms with E-state index < -0.39 is 11.8 Å². The molecule has 0 atom stereocenters. The Bertz CT molecular complexity index is 1110. The van der Waals surface area contributed by atoms with E-state index in [-0.39, 0.29) is 12.2 Å². The number of fused-ring (bicyclic) bond motifs is 1. The van der Waals surface area contributed by atoms with E-state index in [9.17, 15) is 9.59 Å². The van der Waals surface area contributed by atoms with Gasteiger partial charge in [-0.2, -0.15) is 0 Å². The lowest BCUT2D eigenvalue weighted by Gasteiger charge is -2.23. The molecule has 7 heteroatoms. The summed E-state index contributed by atoms with van der Waals surface area (Å²) in [5.41, 5.74) is 6.92. The monoisotopic (exact) mass is 477 g/mol. The van der Waals surface area contributed by atoms with Gasteiger partial charge in [0.1, 0.15) is 6.61 Å². The van der Waals surface area contributed by atoms with Gasteiger partial charge in [0, 0.05) is 17.7 Å². The molecule has 0 radical (unpaired) electrons. The fourth-order valence-electron chi connectivity index (χ4n) is 4.05. The molecule has 186 valence electrons. The molecule has 0 bridgehead atoms. The van der Waals surface area contributed by atoms with Gasteiger partial charge in [0.2, 0.25) is 0 Å². The Balaban J connectivity index is 1.66. The summed E-state index contributed by atoms with van der Waals surface area (Å²) in [6.45, 7) is 7.81. The van der Waals surface area contributed by atoms with E-state index in [0.29, 0.717) is 5.56 Å². The number of hydrogen-bond donors (Lipinski definition) is 3.